The number of rotatable bonds is 14. The Bertz CT molecular complexity index is 1200. The molecule has 1 saturated heterocycles. The fourth-order valence-electron chi connectivity index (χ4n) is 4.75. The molecule has 5 N–H and O–H groups in total. The first-order chi connectivity index (χ1) is 20.6. The number of guanidine groups is 1. The first kappa shape index (κ1) is 31.9. The second-order valence-corrected chi connectivity index (χ2v) is 12.7. The van der Waals surface area contributed by atoms with Gasteiger partial charge in [0, 0.05) is 53.5 Å². The third-order valence-electron chi connectivity index (χ3n) is 7.19. The lowest BCUT2D eigenvalue weighted by molar-refractivity contribution is 0.251. The number of anilines is 2. The number of urea groups is 2. The molecule has 4 rings (SSSR count). The van der Waals surface area contributed by atoms with E-state index in [9.17, 15) is 9.59 Å². The fraction of sp³-hybridized carbons (Fsp3) is 0.516. The van der Waals surface area contributed by atoms with Crippen molar-refractivity contribution >= 4 is 52.9 Å². The topological polar surface area (TPSA) is 110 Å². The molecule has 0 aliphatic carbocycles. The number of thioether (sulfide) groups is 2. The first-order valence-corrected chi connectivity index (χ1v) is 17.2. The van der Waals surface area contributed by atoms with Crippen LogP contribution in [0.1, 0.15) is 52.4 Å². The normalized spacial score (nSPS) is 17.9. The van der Waals surface area contributed by atoms with Gasteiger partial charge in [0.2, 0.25) is 0 Å². The van der Waals surface area contributed by atoms with Gasteiger partial charge in [-0.15, -0.1) is 23.5 Å². The molecule has 2 heterocycles. The molecule has 1 fully saturated rings. The molecule has 2 aromatic carbocycles. The predicted molar refractivity (Wildman–Crippen MR) is 177 cm³/mol. The molecule has 4 amide bonds. The lowest BCUT2D eigenvalue weighted by Gasteiger charge is -2.39. The number of unbranched alkanes of at least 4 members (excludes halogenated alkanes) is 2. The van der Waals surface area contributed by atoms with Crippen molar-refractivity contribution in [3.8, 4) is 0 Å². The molecule has 2 aliphatic rings. The van der Waals surface area contributed by atoms with E-state index in [2.05, 4.69) is 57.5 Å². The number of carbonyl (C=O) groups excluding carboxylic acids is 2. The second-order valence-electron chi connectivity index (χ2n) is 10.6. The van der Waals surface area contributed by atoms with Crippen molar-refractivity contribution in [1.29, 1.82) is 0 Å². The maximum Gasteiger partial charge on any atom is 0.319 e. The third-order valence-corrected chi connectivity index (χ3v) is 9.65. The van der Waals surface area contributed by atoms with Crippen LogP contribution in [-0.2, 0) is 0 Å². The SMILES string of the molecule is CCCCNC(=O)Nc1ccccc1SC[C@H]1CCN2CC[C@H](CSc3ccccc3NC(=O)NCCCC)NC2=N1. The van der Waals surface area contributed by atoms with Crippen LogP contribution in [0, 0.1) is 0 Å². The molecule has 0 saturated carbocycles. The van der Waals surface area contributed by atoms with Gasteiger partial charge in [0.1, 0.15) is 0 Å². The van der Waals surface area contributed by atoms with E-state index in [-0.39, 0.29) is 18.1 Å². The van der Waals surface area contributed by atoms with Gasteiger partial charge < -0.3 is 31.5 Å². The molecule has 0 aromatic heterocycles. The smallest absolute Gasteiger partial charge is 0.319 e. The molecular weight excluding hydrogens is 567 g/mol. The highest BCUT2D eigenvalue weighted by Crippen LogP contribution is 2.31. The lowest BCUT2D eigenvalue weighted by Crippen LogP contribution is -2.56. The second kappa shape index (κ2) is 17.2. The van der Waals surface area contributed by atoms with Gasteiger partial charge in [0.15, 0.2) is 5.96 Å². The highest BCUT2D eigenvalue weighted by molar-refractivity contribution is 7.99. The van der Waals surface area contributed by atoms with Gasteiger partial charge in [-0.2, -0.15) is 0 Å². The Morgan fingerprint density at radius 2 is 1.38 bits per heavy atom. The number of carbonyl (C=O) groups is 2. The van der Waals surface area contributed by atoms with Gasteiger partial charge in [0.25, 0.3) is 0 Å². The molecule has 0 bridgehead atoms. The number of benzene rings is 2. The molecule has 2 aliphatic heterocycles. The Kier molecular flexibility index (Phi) is 13.0. The number of hydrogen-bond acceptors (Lipinski definition) is 7. The Morgan fingerprint density at radius 1 is 0.833 bits per heavy atom. The minimum Gasteiger partial charge on any atom is -0.353 e. The number of hydrogen-bond donors (Lipinski definition) is 5. The molecule has 0 spiro atoms. The van der Waals surface area contributed by atoms with Crippen LogP contribution in [0.4, 0.5) is 21.0 Å². The number of nitrogens with one attached hydrogen (secondary N) is 5. The van der Waals surface area contributed by atoms with Crippen LogP contribution in [0.25, 0.3) is 0 Å². The van der Waals surface area contributed by atoms with Crippen LogP contribution >= 0.6 is 23.5 Å². The van der Waals surface area contributed by atoms with Gasteiger partial charge in [-0.1, -0.05) is 51.0 Å². The average Bonchev–Trinajstić information content (AvgIpc) is 3.00. The number of amides is 4. The summed E-state index contributed by atoms with van der Waals surface area (Å²) in [5.41, 5.74) is 1.68. The van der Waals surface area contributed by atoms with Crippen molar-refractivity contribution in [2.24, 2.45) is 4.99 Å². The fourth-order valence-corrected chi connectivity index (χ4v) is 6.89. The lowest BCUT2D eigenvalue weighted by atomic mass is 10.1. The quantitative estimate of drug-likeness (QED) is 0.128. The summed E-state index contributed by atoms with van der Waals surface area (Å²) in [6, 6.07) is 16.2. The van der Waals surface area contributed by atoms with E-state index in [4.69, 9.17) is 4.99 Å². The van der Waals surface area contributed by atoms with Crippen LogP contribution in [0.2, 0.25) is 0 Å². The van der Waals surface area contributed by atoms with Crippen LogP contribution < -0.4 is 26.6 Å². The summed E-state index contributed by atoms with van der Waals surface area (Å²) in [6.45, 7) is 7.58. The highest BCUT2D eigenvalue weighted by atomic mass is 32.2. The van der Waals surface area contributed by atoms with Crippen LogP contribution in [0.15, 0.2) is 63.3 Å². The molecule has 2 atom stereocenters. The molecule has 0 unspecified atom stereocenters. The summed E-state index contributed by atoms with van der Waals surface area (Å²) in [7, 11) is 0. The Hall–Kier alpha value is -3.05. The van der Waals surface area contributed by atoms with E-state index < -0.39 is 0 Å². The molecule has 42 heavy (non-hydrogen) atoms. The Balaban J connectivity index is 1.28. The van der Waals surface area contributed by atoms with Gasteiger partial charge in [-0.3, -0.25) is 0 Å². The minimum atomic E-state index is -0.158. The van der Waals surface area contributed by atoms with Gasteiger partial charge >= 0.3 is 12.1 Å². The van der Waals surface area contributed by atoms with Gasteiger partial charge in [-0.25, -0.2) is 14.6 Å². The molecule has 9 nitrogen and oxygen atoms in total. The summed E-state index contributed by atoms with van der Waals surface area (Å²) in [6.07, 6.45) is 6.11. The van der Waals surface area contributed by atoms with Crippen molar-refractivity contribution in [3.05, 3.63) is 48.5 Å². The van der Waals surface area contributed by atoms with E-state index in [0.717, 1.165) is 90.2 Å². The maximum atomic E-state index is 12.3. The van der Waals surface area contributed by atoms with Crippen molar-refractivity contribution < 1.29 is 9.59 Å². The van der Waals surface area contributed by atoms with Crippen LogP contribution in [0.3, 0.4) is 0 Å². The zero-order valence-electron chi connectivity index (χ0n) is 24.8. The predicted octanol–water partition coefficient (Wildman–Crippen LogP) is 6.21. The third kappa shape index (κ3) is 10.0. The molecule has 228 valence electrons. The van der Waals surface area contributed by atoms with Gasteiger partial charge in [0.05, 0.1) is 17.4 Å². The summed E-state index contributed by atoms with van der Waals surface area (Å²) < 4.78 is 0. The molecule has 11 heteroatoms. The van der Waals surface area contributed by atoms with E-state index in [1.807, 2.05) is 36.4 Å². The number of para-hydroxylation sites is 2. The largest absolute Gasteiger partial charge is 0.353 e. The average molecular weight is 612 g/mol. The van der Waals surface area contributed by atoms with Crippen molar-refractivity contribution in [1.82, 2.24) is 20.9 Å². The summed E-state index contributed by atoms with van der Waals surface area (Å²) in [5.74, 6) is 2.74. The molecular formula is C31H45N7O2S2. The van der Waals surface area contributed by atoms with Gasteiger partial charge in [-0.05, 0) is 49.9 Å². The maximum absolute atomic E-state index is 12.3. The highest BCUT2D eigenvalue weighted by Gasteiger charge is 2.28. The van der Waals surface area contributed by atoms with E-state index in [0.29, 0.717) is 19.1 Å². The summed E-state index contributed by atoms with van der Waals surface area (Å²) in [4.78, 5) is 34.2. The molecule has 2 aromatic rings. The number of aliphatic imine (C=N–C) groups is 1. The van der Waals surface area contributed by atoms with E-state index >= 15 is 0 Å². The Morgan fingerprint density at radius 3 is 1.98 bits per heavy atom. The molecule has 0 radical (unpaired) electrons. The zero-order chi connectivity index (χ0) is 29.6. The summed E-state index contributed by atoms with van der Waals surface area (Å²) >= 11 is 3.51. The zero-order valence-corrected chi connectivity index (χ0v) is 26.4. The van der Waals surface area contributed by atoms with Crippen molar-refractivity contribution in [2.75, 3.05) is 48.3 Å². The van der Waals surface area contributed by atoms with Crippen LogP contribution in [0.5, 0.6) is 0 Å². The van der Waals surface area contributed by atoms with Crippen LogP contribution in [-0.4, -0.2) is 72.7 Å². The standard InChI is InChI=1S/C31H45N7O2S2/c1-3-5-17-32-30(39)36-25-11-7-9-13-27(25)41-21-23-15-19-38-20-16-24(35-29(38)34-23)22-42-28-14-10-8-12-26(28)37-31(40)33-18-6-4-2/h7-14,23-24H,3-6,15-22H2,1-2H3,(H,34,35)(H2,32,36,39)(H2,33,37,40)/t23-,24-/m1/s1. The van der Waals surface area contributed by atoms with E-state index in [1.54, 1.807) is 23.5 Å². The Labute approximate surface area is 258 Å². The first-order valence-electron chi connectivity index (χ1n) is 15.2. The minimum absolute atomic E-state index is 0.156. The monoisotopic (exact) mass is 611 g/mol. The summed E-state index contributed by atoms with van der Waals surface area (Å²) in [5, 5.41) is 15.6. The van der Waals surface area contributed by atoms with Crippen molar-refractivity contribution in [3.63, 3.8) is 0 Å². The van der Waals surface area contributed by atoms with Crippen molar-refractivity contribution in [2.45, 2.75) is 74.2 Å². The number of fused-ring (bicyclic) bond motifs is 1. The number of nitrogens with zero attached hydrogens (tertiary/aromatic N) is 2. The van der Waals surface area contributed by atoms with E-state index in [1.165, 1.54) is 0 Å².